The number of fused-ring (bicyclic) bond motifs is 3. The van der Waals surface area contributed by atoms with Crippen molar-refractivity contribution in [1.29, 1.82) is 0 Å². The fraction of sp³-hybridized carbons (Fsp3) is 0.562. The first-order valence-electron chi connectivity index (χ1n) is 7.46. The summed E-state index contributed by atoms with van der Waals surface area (Å²) in [5.41, 5.74) is 0.535. The Bertz CT molecular complexity index is 524. The molecule has 1 N–H and O–H groups in total. The topological polar surface area (TPSA) is 50.8 Å². The fourth-order valence-corrected chi connectivity index (χ4v) is 3.37. The molecule has 3 aliphatic heterocycles. The monoisotopic (exact) mass is 290 g/mol. The van der Waals surface area contributed by atoms with Crippen molar-refractivity contribution >= 4 is 5.91 Å². The third-order valence-corrected chi connectivity index (χ3v) is 4.62. The minimum absolute atomic E-state index is 0.0792. The number of carbonyl (C=O) groups excluding carboxylic acids is 1. The summed E-state index contributed by atoms with van der Waals surface area (Å²) in [6.07, 6.45) is 2.36. The van der Waals surface area contributed by atoms with E-state index in [0.717, 1.165) is 6.54 Å². The summed E-state index contributed by atoms with van der Waals surface area (Å²) in [6.45, 7) is 3.29. The molecule has 21 heavy (non-hydrogen) atoms. The molecule has 4 rings (SSSR count). The molecule has 3 saturated heterocycles. The van der Waals surface area contributed by atoms with Crippen LogP contribution in [0.4, 0.5) is 0 Å². The molecule has 3 fully saturated rings. The van der Waals surface area contributed by atoms with Gasteiger partial charge in [-0.15, -0.1) is 0 Å². The first-order valence-corrected chi connectivity index (χ1v) is 7.46. The molecule has 5 heteroatoms. The average Bonchev–Trinajstić information content (AvgIpc) is 2.55. The van der Waals surface area contributed by atoms with Crippen molar-refractivity contribution in [1.82, 2.24) is 10.2 Å². The summed E-state index contributed by atoms with van der Waals surface area (Å²) in [4.78, 5) is 15.0. The van der Waals surface area contributed by atoms with Gasteiger partial charge < -0.3 is 19.7 Å². The molecule has 2 bridgehead atoms. The molecule has 3 heterocycles. The number of amides is 1. The molecule has 3 aliphatic rings. The normalized spacial score (nSPS) is 27.2. The summed E-state index contributed by atoms with van der Waals surface area (Å²) in [5.74, 6) is 1.77. The molecular formula is C16H22N2O3. The zero-order chi connectivity index (χ0) is 14.8. The van der Waals surface area contributed by atoms with Crippen molar-refractivity contribution in [2.24, 2.45) is 5.92 Å². The van der Waals surface area contributed by atoms with Gasteiger partial charge in [0.05, 0.1) is 19.8 Å². The Morgan fingerprint density at radius 3 is 2.57 bits per heavy atom. The Labute approximate surface area is 125 Å². The fourth-order valence-electron chi connectivity index (χ4n) is 3.37. The van der Waals surface area contributed by atoms with Crippen molar-refractivity contribution < 1.29 is 14.3 Å². The van der Waals surface area contributed by atoms with Crippen molar-refractivity contribution in [3.8, 4) is 11.5 Å². The van der Waals surface area contributed by atoms with Crippen LogP contribution in [-0.4, -0.2) is 50.7 Å². The van der Waals surface area contributed by atoms with Crippen molar-refractivity contribution in [2.45, 2.75) is 18.9 Å². The van der Waals surface area contributed by atoms with Gasteiger partial charge in [0, 0.05) is 12.6 Å². The second-order valence-corrected chi connectivity index (χ2v) is 5.78. The summed E-state index contributed by atoms with van der Waals surface area (Å²) >= 11 is 0. The lowest BCUT2D eigenvalue weighted by Crippen LogP contribution is -2.57. The van der Waals surface area contributed by atoms with Crippen LogP contribution in [0.1, 0.15) is 23.2 Å². The number of rotatable bonds is 4. The number of carbonyl (C=O) groups is 1. The molecule has 1 aromatic carbocycles. The van der Waals surface area contributed by atoms with Gasteiger partial charge in [-0.2, -0.15) is 0 Å². The van der Waals surface area contributed by atoms with Crippen molar-refractivity contribution in [3.63, 3.8) is 0 Å². The van der Waals surface area contributed by atoms with E-state index >= 15 is 0 Å². The van der Waals surface area contributed by atoms with Crippen molar-refractivity contribution in [3.05, 3.63) is 23.8 Å². The number of piperidine rings is 3. The Balaban J connectivity index is 1.75. The Morgan fingerprint density at radius 1 is 1.24 bits per heavy atom. The smallest absolute Gasteiger partial charge is 0.255 e. The molecule has 1 amide bonds. The SMILES string of the molecule is COc1ccc(OC)c(C(=O)N[C@H]2CN3CCC2CC3)c1. The third kappa shape index (κ3) is 2.83. The molecular weight excluding hydrogens is 268 g/mol. The molecule has 0 unspecified atom stereocenters. The van der Waals surface area contributed by atoms with Crippen LogP contribution in [0.3, 0.4) is 0 Å². The number of nitrogens with zero attached hydrogens (tertiary/aromatic N) is 1. The van der Waals surface area contributed by atoms with Crippen LogP contribution < -0.4 is 14.8 Å². The van der Waals surface area contributed by atoms with Gasteiger partial charge in [-0.25, -0.2) is 0 Å². The van der Waals surface area contributed by atoms with Gasteiger partial charge in [0.15, 0.2) is 0 Å². The number of ether oxygens (including phenoxy) is 2. The quantitative estimate of drug-likeness (QED) is 0.913. The average molecular weight is 290 g/mol. The van der Waals surface area contributed by atoms with Gasteiger partial charge in [0.25, 0.3) is 5.91 Å². The van der Waals surface area contributed by atoms with E-state index in [1.165, 1.54) is 25.9 Å². The summed E-state index contributed by atoms with van der Waals surface area (Å²) in [5, 5.41) is 3.18. The molecule has 114 valence electrons. The highest BCUT2D eigenvalue weighted by molar-refractivity contribution is 5.97. The highest BCUT2D eigenvalue weighted by Crippen LogP contribution is 2.29. The Hall–Kier alpha value is -1.75. The number of methoxy groups -OCH3 is 2. The van der Waals surface area contributed by atoms with E-state index in [2.05, 4.69) is 10.2 Å². The summed E-state index contributed by atoms with van der Waals surface area (Å²) < 4.78 is 10.5. The molecule has 0 aromatic heterocycles. The lowest BCUT2D eigenvalue weighted by molar-refractivity contribution is 0.0619. The van der Waals surface area contributed by atoms with Gasteiger partial charge in [-0.05, 0) is 50.0 Å². The largest absolute Gasteiger partial charge is 0.497 e. The second kappa shape index (κ2) is 5.93. The van der Waals surface area contributed by atoms with Gasteiger partial charge >= 0.3 is 0 Å². The van der Waals surface area contributed by atoms with Gasteiger partial charge in [-0.3, -0.25) is 4.79 Å². The number of nitrogens with one attached hydrogen (secondary N) is 1. The Morgan fingerprint density at radius 2 is 2.00 bits per heavy atom. The van der Waals surface area contributed by atoms with Crippen LogP contribution in [0.2, 0.25) is 0 Å². The molecule has 0 radical (unpaired) electrons. The van der Waals surface area contributed by atoms with Gasteiger partial charge in [-0.1, -0.05) is 0 Å². The van der Waals surface area contributed by atoms with E-state index in [1.807, 2.05) is 0 Å². The van der Waals surface area contributed by atoms with Gasteiger partial charge in [0.2, 0.25) is 0 Å². The van der Waals surface area contributed by atoms with Crippen LogP contribution in [0.15, 0.2) is 18.2 Å². The molecule has 0 spiro atoms. The number of hydrogen-bond donors (Lipinski definition) is 1. The number of benzene rings is 1. The summed E-state index contributed by atoms with van der Waals surface area (Å²) in [7, 11) is 3.17. The maximum atomic E-state index is 12.6. The maximum absolute atomic E-state index is 12.6. The molecule has 5 nitrogen and oxygen atoms in total. The van der Waals surface area contributed by atoms with Crippen molar-refractivity contribution in [2.75, 3.05) is 33.9 Å². The predicted octanol–water partition coefficient (Wildman–Crippen LogP) is 1.53. The van der Waals surface area contributed by atoms with E-state index in [1.54, 1.807) is 32.4 Å². The molecule has 0 aliphatic carbocycles. The first-order chi connectivity index (χ1) is 10.2. The maximum Gasteiger partial charge on any atom is 0.255 e. The standard InChI is InChI=1S/C16H22N2O3/c1-20-12-3-4-15(21-2)13(9-12)16(19)17-14-10-18-7-5-11(14)6-8-18/h3-4,9,11,14H,5-8,10H2,1-2H3,(H,17,19)/t14-/m0/s1. The number of hydrogen-bond acceptors (Lipinski definition) is 4. The predicted molar refractivity (Wildman–Crippen MR) is 80.0 cm³/mol. The molecule has 1 atom stereocenters. The highest BCUT2D eigenvalue weighted by Gasteiger charge is 2.35. The van der Waals surface area contributed by atoms with E-state index in [9.17, 15) is 4.79 Å². The van der Waals surface area contributed by atoms with E-state index in [0.29, 0.717) is 23.0 Å². The third-order valence-electron chi connectivity index (χ3n) is 4.62. The summed E-state index contributed by atoms with van der Waals surface area (Å²) in [6, 6.07) is 5.54. The zero-order valence-corrected chi connectivity index (χ0v) is 12.6. The molecule has 1 aromatic rings. The van der Waals surface area contributed by atoms with E-state index in [4.69, 9.17) is 9.47 Å². The van der Waals surface area contributed by atoms with Gasteiger partial charge in [0.1, 0.15) is 11.5 Å². The van der Waals surface area contributed by atoms with Crippen LogP contribution in [0, 0.1) is 5.92 Å². The van der Waals surface area contributed by atoms with Crippen LogP contribution in [0.25, 0.3) is 0 Å². The highest BCUT2D eigenvalue weighted by atomic mass is 16.5. The van der Waals surface area contributed by atoms with Crippen LogP contribution in [0.5, 0.6) is 11.5 Å². The Kier molecular flexibility index (Phi) is 4.01. The van der Waals surface area contributed by atoms with E-state index in [-0.39, 0.29) is 11.9 Å². The lowest BCUT2D eigenvalue weighted by atomic mass is 9.84. The second-order valence-electron chi connectivity index (χ2n) is 5.78. The van der Waals surface area contributed by atoms with Crippen LogP contribution in [-0.2, 0) is 0 Å². The van der Waals surface area contributed by atoms with E-state index < -0.39 is 0 Å². The molecule has 0 saturated carbocycles. The zero-order valence-electron chi connectivity index (χ0n) is 12.6. The lowest BCUT2D eigenvalue weighted by Gasteiger charge is -2.44. The minimum Gasteiger partial charge on any atom is -0.497 e. The first kappa shape index (κ1) is 14.2. The van der Waals surface area contributed by atoms with Crippen LogP contribution >= 0.6 is 0 Å². The minimum atomic E-state index is -0.0792.